The molecule has 0 spiro atoms. The maximum atomic E-state index is 12.6. The molecular weight excluding hydrogens is 378 g/mol. The number of anilines is 1. The van der Waals surface area contributed by atoms with Gasteiger partial charge in [-0.3, -0.25) is 4.79 Å². The Kier molecular flexibility index (Phi) is 5.41. The second-order valence-corrected chi connectivity index (χ2v) is 8.23. The molecule has 3 aromatic carbocycles. The van der Waals surface area contributed by atoms with Gasteiger partial charge < -0.3 is 10.3 Å². The van der Waals surface area contributed by atoms with Gasteiger partial charge in [0.05, 0.1) is 11.0 Å². The zero-order valence-corrected chi connectivity index (χ0v) is 17.6. The molecule has 0 unspecified atom stereocenters. The van der Waals surface area contributed by atoms with Crippen LogP contribution in [0, 0.1) is 20.8 Å². The van der Waals surface area contributed by atoms with Crippen LogP contribution in [0.25, 0.3) is 11.0 Å². The van der Waals surface area contributed by atoms with E-state index in [1.165, 1.54) is 5.56 Å². The predicted octanol–water partition coefficient (Wildman–Crippen LogP) is 6.03. The second kappa shape index (κ2) is 8.13. The van der Waals surface area contributed by atoms with Gasteiger partial charge in [-0.25, -0.2) is 4.98 Å². The number of benzene rings is 3. The molecule has 1 heterocycles. The van der Waals surface area contributed by atoms with E-state index in [0.717, 1.165) is 44.3 Å². The lowest BCUT2D eigenvalue weighted by Gasteiger charge is -2.11. The van der Waals surface area contributed by atoms with Crippen molar-refractivity contribution >= 4 is 34.4 Å². The third-order valence-electron chi connectivity index (χ3n) is 4.93. The van der Waals surface area contributed by atoms with Crippen LogP contribution in [0.4, 0.5) is 5.69 Å². The number of para-hydroxylation sites is 1. The molecule has 0 atom stereocenters. The van der Waals surface area contributed by atoms with Gasteiger partial charge in [0, 0.05) is 17.0 Å². The van der Waals surface area contributed by atoms with Gasteiger partial charge in [-0.15, -0.1) is 0 Å². The average Bonchev–Trinajstić information content (AvgIpc) is 3.11. The number of H-pyrrole nitrogens is 1. The highest BCUT2D eigenvalue weighted by Gasteiger charge is 2.10. The Balaban J connectivity index is 1.41. The number of aromatic nitrogens is 2. The van der Waals surface area contributed by atoms with Crippen molar-refractivity contribution in [3.05, 3.63) is 88.5 Å². The first kappa shape index (κ1) is 19.3. The molecule has 0 saturated heterocycles. The maximum Gasteiger partial charge on any atom is 0.255 e. The van der Waals surface area contributed by atoms with Crippen molar-refractivity contribution < 1.29 is 4.79 Å². The quantitative estimate of drug-likeness (QED) is 0.401. The highest BCUT2D eigenvalue weighted by atomic mass is 32.2. The fourth-order valence-electron chi connectivity index (χ4n) is 3.27. The average molecular weight is 402 g/mol. The molecule has 4 nitrogen and oxygen atoms in total. The van der Waals surface area contributed by atoms with Crippen LogP contribution in [0.2, 0.25) is 0 Å². The maximum absolute atomic E-state index is 12.6. The number of thioether (sulfide) groups is 1. The van der Waals surface area contributed by atoms with Crippen molar-refractivity contribution in [2.45, 2.75) is 31.7 Å². The number of rotatable bonds is 5. The fraction of sp³-hybridized carbons (Fsp3) is 0.167. The number of aryl methyl sites for hydroxylation is 3. The molecule has 2 N–H and O–H groups in total. The minimum absolute atomic E-state index is 0.0887. The number of nitrogens with one attached hydrogen (secondary N) is 2. The fourth-order valence-corrected chi connectivity index (χ4v) is 4.11. The monoisotopic (exact) mass is 401 g/mol. The first-order chi connectivity index (χ1) is 14.0. The summed E-state index contributed by atoms with van der Waals surface area (Å²) in [6, 6.07) is 20.0. The standard InChI is InChI=1S/C24H23N3OS/c1-15-7-12-20-21(13-15)26-24(25-20)29-14-18-8-10-19(11-9-18)23(28)27-22-16(2)5-4-6-17(22)3/h4-13H,14H2,1-3H3,(H,25,26)(H,27,28). The molecule has 4 aromatic rings. The van der Waals surface area contributed by atoms with Crippen molar-refractivity contribution in [3.63, 3.8) is 0 Å². The van der Waals surface area contributed by atoms with Crippen LogP contribution >= 0.6 is 11.8 Å². The lowest BCUT2D eigenvalue weighted by atomic mass is 10.1. The van der Waals surface area contributed by atoms with E-state index in [-0.39, 0.29) is 5.91 Å². The van der Waals surface area contributed by atoms with Crippen LogP contribution < -0.4 is 5.32 Å². The molecule has 146 valence electrons. The number of nitrogens with zero attached hydrogens (tertiary/aromatic N) is 1. The molecule has 4 rings (SSSR count). The van der Waals surface area contributed by atoms with Crippen molar-refractivity contribution in [1.82, 2.24) is 9.97 Å². The second-order valence-electron chi connectivity index (χ2n) is 7.27. The van der Waals surface area contributed by atoms with Gasteiger partial charge in [0.25, 0.3) is 5.91 Å². The summed E-state index contributed by atoms with van der Waals surface area (Å²) in [5.74, 6) is 0.701. The molecule has 0 radical (unpaired) electrons. The Morgan fingerprint density at radius 3 is 2.45 bits per heavy atom. The largest absolute Gasteiger partial charge is 0.333 e. The lowest BCUT2D eigenvalue weighted by Crippen LogP contribution is -2.13. The van der Waals surface area contributed by atoms with Crippen LogP contribution in [0.1, 0.15) is 32.6 Å². The summed E-state index contributed by atoms with van der Waals surface area (Å²) in [5, 5.41) is 3.94. The Morgan fingerprint density at radius 2 is 1.72 bits per heavy atom. The topological polar surface area (TPSA) is 57.8 Å². The number of amides is 1. The summed E-state index contributed by atoms with van der Waals surface area (Å²) in [5.41, 5.74) is 8.07. The van der Waals surface area contributed by atoms with E-state index in [2.05, 4.69) is 34.3 Å². The third kappa shape index (κ3) is 4.35. The van der Waals surface area contributed by atoms with Gasteiger partial charge >= 0.3 is 0 Å². The smallest absolute Gasteiger partial charge is 0.255 e. The van der Waals surface area contributed by atoms with Crippen LogP contribution in [0.15, 0.2) is 65.8 Å². The normalized spacial score (nSPS) is 11.0. The van der Waals surface area contributed by atoms with Crippen molar-refractivity contribution in [2.75, 3.05) is 5.32 Å². The molecule has 0 fully saturated rings. The van der Waals surface area contributed by atoms with Gasteiger partial charge in [-0.2, -0.15) is 0 Å². The van der Waals surface area contributed by atoms with Gasteiger partial charge in [0.2, 0.25) is 0 Å². The van der Waals surface area contributed by atoms with E-state index in [1.54, 1.807) is 11.8 Å². The van der Waals surface area contributed by atoms with E-state index in [0.29, 0.717) is 5.56 Å². The molecule has 1 aromatic heterocycles. The molecule has 0 bridgehead atoms. The van der Waals surface area contributed by atoms with Crippen molar-refractivity contribution in [1.29, 1.82) is 0 Å². The molecule has 0 aliphatic rings. The van der Waals surface area contributed by atoms with Gasteiger partial charge in [0.15, 0.2) is 5.16 Å². The summed E-state index contributed by atoms with van der Waals surface area (Å²) in [7, 11) is 0. The zero-order valence-electron chi connectivity index (χ0n) is 16.7. The molecule has 29 heavy (non-hydrogen) atoms. The number of fused-ring (bicyclic) bond motifs is 1. The first-order valence-electron chi connectivity index (χ1n) is 9.55. The number of hydrogen-bond donors (Lipinski definition) is 2. The zero-order chi connectivity index (χ0) is 20.4. The Labute approximate surface area is 174 Å². The SMILES string of the molecule is Cc1ccc2nc(SCc3ccc(C(=O)Nc4c(C)cccc4C)cc3)[nH]c2c1. The summed E-state index contributed by atoms with van der Waals surface area (Å²) < 4.78 is 0. The summed E-state index contributed by atoms with van der Waals surface area (Å²) in [4.78, 5) is 20.6. The number of carbonyl (C=O) groups excluding carboxylic acids is 1. The minimum Gasteiger partial charge on any atom is -0.333 e. The van der Waals surface area contributed by atoms with Gasteiger partial charge in [-0.1, -0.05) is 48.2 Å². The van der Waals surface area contributed by atoms with Crippen molar-refractivity contribution in [2.24, 2.45) is 0 Å². The van der Waals surface area contributed by atoms with E-state index in [9.17, 15) is 4.79 Å². The Hall–Kier alpha value is -3.05. The number of imidazole rings is 1. The molecular formula is C24H23N3OS. The van der Waals surface area contributed by atoms with Crippen molar-refractivity contribution in [3.8, 4) is 0 Å². The predicted molar refractivity (Wildman–Crippen MR) is 121 cm³/mol. The van der Waals surface area contributed by atoms with E-state index in [1.807, 2.05) is 62.4 Å². The summed E-state index contributed by atoms with van der Waals surface area (Å²) >= 11 is 1.66. The highest BCUT2D eigenvalue weighted by molar-refractivity contribution is 7.98. The molecule has 5 heteroatoms. The lowest BCUT2D eigenvalue weighted by molar-refractivity contribution is 0.102. The molecule has 1 amide bonds. The van der Waals surface area contributed by atoms with E-state index < -0.39 is 0 Å². The Bertz CT molecular complexity index is 1160. The minimum atomic E-state index is -0.0887. The van der Waals surface area contributed by atoms with Crippen LogP contribution in [-0.2, 0) is 5.75 Å². The van der Waals surface area contributed by atoms with E-state index >= 15 is 0 Å². The third-order valence-corrected chi connectivity index (χ3v) is 5.87. The molecule has 0 saturated carbocycles. The number of carbonyl (C=O) groups is 1. The van der Waals surface area contributed by atoms with Crippen LogP contribution in [-0.4, -0.2) is 15.9 Å². The molecule has 0 aliphatic carbocycles. The van der Waals surface area contributed by atoms with Gasteiger partial charge in [-0.05, 0) is 67.3 Å². The van der Waals surface area contributed by atoms with Crippen LogP contribution in [0.3, 0.4) is 0 Å². The van der Waals surface area contributed by atoms with Gasteiger partial charge in [0.1, 0.15) is 0 Å². The van der Waals surface area contributed by atoms with E-state index in [4.69, 9.17) is 0 Å². The molecule has 0 aliphatic heterocycles. The Morgan fingerprint density at radius 1 is 1.00 bits per heavy atom. The first-order valence-corrected chi connectivity index (χ1v) is 10.5. The summed E-state index contributed by atoms with van der Waals surface area (Å²) in [6.07, 6.45) is 0. The number of aromatic amines is 1. The highest BCUT2D eigenvalue weighted by Crippen LogP contribution is 2.24. The number of hydrogen-bond acceptors (Lipinski definition) is 3. The van der Waals surface area contributed by atoms with Crippen LogP contribution in [0.5, 0.6) is 0 Å². The summed E-state index contributed by atoms with van der Waals surface area (Å²) in [6.45, 7) is 6.08.